The molecule has 0 spiro atoms. The molecule has 6 heteroatoms. The van der Waals surface area contributed by atoms with Gasteiger partial charge in [-0.15, -0.1) is 0 Å². The summed E-state index contributed by atoms with van der Waals surface area (Å²) in [6.45, 7) is 8.69. The number of benzene rings is 2. The van der Waals surface area contributed by atoms with Gasteiger partial charge < -0.3 is 20.3 Å². The lowest BCUT2D eigenvalue weighted by atomic mass is 9.91. The summed E-state index contributed by atoms with van der Waals surface area (Å²) in [5, 5.41) is 5.58. The number of hydrogen-bond acceptors (Lipinski definition) is 5. The van der Waals surface area contributed by atoms with Crippen LogP contribution in [0, 0.1) is 0 Å². The number of esters is 1. The van der Waals surface area contributed by atoms with Crippen LogP contribution in [-0.4, -0.2) is 37.5 Å². The summed E-state index contributed by atoms with van der Waals surface area (Å²) in [7, 11) is 3.13. The average Bonchev–Trinajstić information content (AvgIpc) is 2.77. The highest BCUT2D eigenvalue weighted by Gasteiger charge is 2.24. The standard InChI is InChI=1S/C23H25N3O3/c1-15(23(28)29-4)25-22(27)16(2)26-13-12-17-6-5-7-20(21(17)14-26)18-8-10-19(24-3)11-9-18/h5-11,24H,1-2,12-14H2,3-4H3,(H,25,27). The highest BCUT2D eigenvalue weighted by molar-refractivity contribution is 5.99. The summed E-state index contributed by atoms with van der Waals surface area (Å²) in [4.78, 5) is 25.9. The fraction of sp³-hybridized carbons (Fsp3) is 0.217. The van der Waals surface area contributed by atoms with Gasteiger partial charge in [0.25, 0.3) is 5.91 Å². The maximum Gasteiger partial charge on any atom is 0.353 e. The minimum Gasteiger partial charge on any atom is -0.464 e. The number of amides is 1. The third kappa shape index (κ3) is 4.32. The van der Waals surface area contributed by atoms with E-state index in [1.807, 2.05) is 24.1 Å². The predicted octanol–water partition coefficient (Wildman–Crippen LogP) is 3.07. The van der Waals surface area contributed by atoms with Crippen molar-refractivity contribution in [3.05, 3.63) is 78.1 Å². The predicted molar refractivity (Wildman–Crippen MR) is 114 cm³/mol. The van der Waals surface area contributed by atoms with Crippen LogP contribution < -0.4 is 10.6 Å². The molecule has 0 saturated heterocycles. The van der Waals surface area contributed by atoms with Gasteiger partial charge in [-0.3, -0.25) is 4.79 Å². The molecule has 0 saturated carbocycles. The van der Waals surface area contributed by atoms with Gasteiger partial charge in [0.1, 0.15) is 5.70 Å². The van der Waals surface area contributed by atoms with E-state index in [-0.39, 0.29) is 5.70 Å². The second-order valence-electron chi connectivity index (χ2n) is 6.81. The summed E-state index contributed by atoms with van der Waals surface area (Å²) < 4.78 is 4.56. The molecule has 0 aromatic heterocycles. The zero-order chi connectivity index (χ0) is 21.0. The zero-order valence-electron chi connectivity index (χ0n) is 16.7. The first-order valence-electron chi connectivity index (χ1n) is 9.36. The van der Waals surface area contributed by atoms with Crippen molar-refractivity contribution in [1.29, 1.82) is 0 Å². The summed E-state index contributed by atoms with van der Waals surface area (Å²) in [6, 6.07) is 14.5. The molecule has 6 nitrogen and oxygen atoms in total. The number of anilines is 1. The van der Waals surface area contributed by atoms with Gasteiger partial charge in [0.15, 0.2) is 0 Å². The second-order valence-corrected chi connectivity index (χ2v) is 6.81. The van der Waals surface area contributed by atoms with E-state index in [2.05, 4.69) is 58.9 Å². The third-order valence-corrected chi connectivity index (χ3v) is 5.10. The topological polar surface area (TPSA) is 70.7 Å². The van der Waals surface area contributed by atoms with E-state index in [1.54, 1.807) is 0 Å². The van der Waals surface area contributed by atoms with Gasteiger partial charge in [-0.2, -0.15) is 0 Å². The van der Waals surface area contributed by atoms with Crippen molar-refractivity contribution in [3.63, 3.8) is 0 Å². The van der Waals surface area contributed by atoms with Gasteiger partial charge in [0.05, 0.1) is 12.8 Å². The Morgan fingerprint density at radius 1 is 1.10 bits per heavy atom. The van der Waals surface area contributed by atoms with E-state index in [0.717, 1.165) is 23.2 Å². The van der Waals surface area contributed by atoms with Crippen LogP contribution in [0.25, 0.3) is 11.1 Å². The minimum atomic E-state index is -0.678. The lowest BCUT2D eigenvalue weighted by Gasteiger charge is -2.32. The summed E-state index contributed by atoms with van der Waals surface area (Å²) in [6.07, 6.45) is 0.808. The number of rotatable bonds is 6. The molecule has 29 heavy (non-hydrogen) atoms. The molecular formula is C23H25N3O3. The molecule has 1 aliphatic rings. The van der Waals surface area contributed by atoms with Crippen LogP contribution in [0.4, 0.5) is 5.69 Å². The summed E-state index contributed by atoms with van der Waals surface area (Å²) >= 11 is 0. The van der Waals surface area contributed by atoms with Crippen molar-refractivity contribution in [1.82, 2.24) is 10.2 Å². The fourth-order valence-corrected chi connectivity index (χ4v) is 3.43. The van der Waals surface area contributed by atoms with Crippen LogP contribution in [0.2, 0.25) is 0 Å². The number of nitrogens with one attached hydrogen (secondary N) is 2. The van der Waals surface area contributed by atoms with Crippen LogP contribution in [0.1, 0.15) is 11.1 Å². The van der Waals surface area contributed by atoms with Crippen LogP contribution in [0.15, 0.2) is 67.0 Å². The normalized spacial score (nSPS) is 12.6. The number of fused-ring (bicyclic) bond motifs is 1. The first-order chi connectivity index (χ1) is 13.9. The Labute approximate surface area is 170 Å². The highest BCUT2D eigenvalue weighted by Crippen LogP contribution is 2.32. The Morgan fingerprint density at radius 2 is 1.83 bits per heavy atom. The van der Waals surface area contributed by atoms with E-state index >= 15 is 0 Å². The first kappa shape index (κ1) is 20.2. The lowest BCUT2D eigenvalue weighted by molar-refractivity contribution is -0.137. The Balaban J connectivity index is 1.80. The highest BCUT2D eigenvalue weighted by atomic mass is 16.5. The van der Waals surface area contributed by atoms with E-state index in [4.69, 9.17) is 0 Å². The quantitative estimate of drug-likeness (QED) is 0.585. The van der Waals surface area contributed by atoms with Crippen LogP contribution in [0.5, 0.6) is 0 Å². The molecule has 0 radical (unpaired) electrons. The van der Waals surface area contributed by atoms with Crippen LogP contribution in [-0.2, 0) is 27.3 Å². The number of ether oxygens (including phenoxy) is 1. The molecule has 0 aliphatic carbocycles. The maximum absolute atomic E-state index is 12.5. The molecule has 2 aromatic carbocycles. The van der Waals surface area contributed by atoms with Crippen molar-refractivity contribution in [3.8, 4) is 11.1 Å². The molecule has 1 amide bonds. The fourth-order valence-electron chi connectivity index (χ4n) is 3.43. The number of carbonyl (C=O) groups excluding carboxylic acids is 2. The molecule has 1 aliphatic heterocycles. The first-order valence-corrected chi connectivity index (χ1v) is 9.36. The van der Waals surface area contributed by atoms with Gasteiger partial charge >= 0.3 is 5.97 Å². The van der Waals surface area contributed by atoms with Crippen molar-refractivity contribution in [2.45, 2.75) is 13.0 Å². The smallest absolute Gasteiger partial charge is 0.353 e. The maximum atomic E-state index is 12.5. The van der Waals surface area contributed by atoms with Crippen molar-refractivity contribution < 1.29 is 14.3 Å². The van der Waals surface area contributed by atoms with Crippen molar-refractivity contribution in [2.75, 3.05) is 26.0 Å². The van der Waals surface area contributed by atoms with Gasteiger partial charge in [-0.25, -0.2) is 4.79 Å². The number of hydrogen-bond donors (Lipinski definition) is 2. The molecule has 0 fully saturated rings. The summed E-state index contributed by atoms with van der Waals surface area (Å²) in [5.74, 6) is -1.14. The zero-order valence-corrected chi connectivity index (χ0v) is 16.7. The molecule has 0 atom stereocenters. The molecule has 2 aromatic rings. The van der Waals surface area contributed by atoms with Gasteiger partial charge in [-0.1, -0.05) is 43.5 Å². The Kier molecular flexibility index (Phi) is 6.02. The van der Waals surface area contributed by atoms with Gasteiger partial charge in [0.2, 0.25) is 0 Å². The Bertz CT molecular complexity index is 964. The molecule has 0 bridgehead atoms. The van der Waals surface area contributed by atoms with E-state index < -0.39 is 11.9 Å². The average molecular weight is 391 g/mol. The van der Waals surface area contributed by atoms with Gasteiger partial charge in [-0.05, 0) is 40.8 Å². The number of carbonyl (C=O) groups is 2. The summed E-state index contributed by atoms with van der Waals surface area (Å²) in [5.41, 5.74) is 5.94. The van der Waals surface area contributed by atoms with E-state index in [0.29, 0.717) is 18.8 Å². The van der Waals surface area contributed by atoms with E-state index in [9.17, 15) is 9.59 Å². The van der Waals surface area contributed by atoms with Crippen LogP contribution >= 0.6 is 0 Å². The molecule has 0 unspecified atom stereocenters. The number of methoxy groups -OCH3 is 1. The molecule has 2 N–H and O–H groups in total. The minimum absolute atomic E-state index is 0.110. The largest absolute Gasteiger partial charge is 0.464 e. The SMILES string of the molecule is C=C(NC(=O)C(=C)N1CCc2cccc(-c3ccc(NC)cc3)c2C1)C(=O)OC. The molecule has 150 valence electrons. The van der Waals surface area contributed by atoms with Crippen LogP contribution in [0.3, 0.4) is 0 Å². The van der Waals surface area contributed by atoms with Gasteiger partial charge in [0, 0.05) is 25.8 Å². The molecule has 1 heterocycles. The monoisotopic (exact) mass is 391 g/mol. The van der Waals surface area contributed by atoms with E-state index in [1.165, 1.54) is 18.2 Å². The Hall–Kier alpha value is -3.54. The molecule has 3 rings (SSSR count). The van der Waals surface area contributed by atoms with Crippen molar-refractivity contribution >= 4 is 17.6 Å². The Morgan fingerprint density at radius 3 is 2.48 bits per heavy atom. The lowest BCUT2D eigenvalue weighted by Crippen LogP contribution is -2.38. The number of nitrogens with zero attached hydrogens (tertiary/aromatic N) is 1. The van der Waals surface area contributed by atoms with Crippen molar-refractivity contribution in [2.24, 2.45) is 0 Å². The molecular weight excluding hydrogens is 366 g/mol. The third-order valence-electron chi connectivity index (χ3n) is 5.10. The second kappa shape index (κ2) is 8.65.